The van der Waals surface area contributed by atoms with Gasteiger partial charge in [0, 0.05) is 6.61 Å². The lowest BCUT2D eigenvalue weighted by molar-refractivity contribution is -0.190. The van der Waals surface area contributed by atoms with Crippen molar-refractivity contribution >= 4 is 11.9 Å². The molecule has 2 aliphatic rings. The molecular formula is C17H28O5. The Morgan fingerprint density at radius 1 is 0.909 bits per heavy atom. The molecule has 2 fully saturated rings. The quantitative estimate of drug-likeness (QED) is 0.592. The van der Waals surface area contributed by atoms with Gasteiger partial charge in [-0.25, -0.2) is 0 Å². The molecule has 126 valence electrons. The van der Waals surface area contributed by atoms with Gasteiger partial charge in [-0.2, -0.15) is 0 Å². The van der Waals surface area contributed by atoms with Crippen LogP contribution in [0, 0.1) is 11.3 Å². The number of carbonyl (C=O) groups is 2. The standard InChI is InChI=1S/C17H28O5/c1-20-15(18)17(16(19)21-2)11-7-4-8-12-22-14(17)13-9-5-3-6-10-13/h13-14H,3-12H2,1-2H3. The highest BCUT2D eigenvalue weighted by Gasteiger charge is 2.57. The van der Waals surface area contributed by atoms with Crippen LogP contribution in [0.5, 0.6) is 0 Å². The minimum Gasteiger partial charge on any atom is -0.468 e. The van der Waals surface area contributed by atoms with Crippen LogP contribution in [0.1, 0.15) is 57.8 Å². The van der Waals surface area contributed by atoms with Crippen LogP contribution in [-0.2, 0) is 23.8 Å². The summed E-state index contributed by atoms with van der Waals surface area (Å²) >= 11 is 0. The van der Waals surface area contributed by atoms with E-state index in [0.29, 0.717) is 13.0 Å². The Labute approximate surface area is 132 Å². The Kier molecular flexibility index (Phi) is 6.24. The number of hydrogen-bond acceptors (Lipinski definition) is 5. The number of ether oxygens (including phenoxy) is 3. The van der Waals surface area contributed by atoms with Gasteiger partial charge < -0.3 is 14.2 Å². The highest BCUT2D eigenvalue weighted by atomic mass is 16.6. The van der Waals surface area contributed by atoms with Gasteiger partial charge >= 0.3 is 11.9 Å². The second-order valence-electron chi connectivity index (χ2n) is 6.45. The molecule has 2 rings (SSSR count). The van der Waals surface area contributed by atoms with Crippen molar-refractivity contribution in [1.29, 1.82) is 0 Å². The average molecular weight is 312 g/mol. The largest absolute Gasteiger partial charge is 0.468 e. The maximum atomic E-state index is 12.6. The van der Waals surface area contributed by atoms with Gasteiger partial charge in [0.15, 0.2) is 5.41 Å². The summed E-state index contributed by atoms with van der Waals surface area (Å²) in [5, 5.41) is 0. The van der Waals surface area contributed by atoms with Crippen LogP contribution in [0.4, 0.5) is 0 Å². The normalized spacial score (nSPS) is 26.5. The Bertz CT molecular complexity index is 371. The van der Waals surface area contributed by atoms with Crippen molar-refractivity contribution < 1.29 is 23.8 Å². The van der Waals surface area contributed by atoms with E-state index >= 15 is 0 Å². The van der Waals surface area contributed by atoms with E-state index in [9.17, 15) is 9.59 Å². The van der Waals surface area contributed by atoms with E-state index in [2.05, 4.69) is 0 Å². The maximum absolute atomic E-state index is 12.6. The summed E-state index contributed by atoms with van der Waals surface area (Å²) in [6, 6.07) is 0. The van der Waals surface area contributed by atoms with E-state index in [0.717, 1.165) is 44.9 Å². The maximum Gasteiger partial charge on any atom is 0.325 e. The Morgan fingerprint density at radius 2 is 1.50 bits per heavy atom. The Hall–Kier alpha value is -1.10. The van der Waals surface area contributed by atoms with Crippen molar-refractivity contribution in [2.24, 2.45) is 11.3 Å². The molecule has 5 heteroatoms. The topological polar surface area (TPSA) is 61.8 Å². The second-order valence-corrected chi connectivity index (χ2v) is 6.45. The molecule has 0 aromatic heterocycles. The van der Waals surface area contributed by atoms with Gasteiger partial charge in [-0.05, 0) is 31.6 Å². The van der Waals surface area contributed by atoms with Gasteiger partial charge in [0.1, 0.15) is 0 Å². The van der Waals surface area contributed by atoms with Crippen molar-refractivity contribution in [3.8, 4) is 0 Å². The number of rotatable bonds is 3. The van der Waals surface area contributed by atoms with Gasteiger partial charge in [-0.1, -0.05) is 32.1 Å². The fourth-order valence-electron chi connectivity index (χ4n) is 4.04. The van der Waals surface area contributed by atoms with Crippen LogP contribution < -0.4 is 0 Å². The summed E-state index contributed by atoms with van der Waals surface area (Å²) in [7, 11) is 2.67. The van der Waals surface area contributed by atoms with Crippen molar-refractivity contribution in [1.82, 2.24) is 0 Å². The van der Waals surface area contributed by atoms with Crippen LogP contribution in [0.15, 0.2) is 0 Å². The molecule has 5 nitrogen and oxygen atoms in total. The predicted octanol–water partition coefficient (Wildman–Crippen LogP) is 2.86. The highest BCUT2D eigenvalue weighted by Crippen LogP contribution is 2.43. The summed E-state index contributed by atoms with van der Waals surface area (Å²) in [5.41, 5.74) is -1.30. The third-order valence-corrected chi connectivity index (χ3v) is 5.18. The van der Waals surface area contributed by atoms with E-state index in [-0.39, 0.29) is 5.92 Å². The van der Waals surface area contributed by atoms with Crippen molar-refractivity contribution in [3.63, 3.8) is 0 Å². The number of esters is 2. The molecule has 0 N–H and O–H groups in total. The molecule has 1 unspecified atom stereocenters. The first kappa shape index (κ1) is 17.3. The van der Waals surface area contributed by atoms with Crippen molar-refractivity contribution in [2.75, 3.05) is 20.8 Å². The molecule has 0 aromatic carbocycles. The third-order valence-electron chi connectivity index (χ3n) is 5.18. The van der Waals surface area contributed by atoms with Gasteiger partial charge in [-0.15, -0.1) is 0 Å². The molecule has 1 aliphatic carbocycles. The zero-order chi connectivity index (χ0) is 16.0. The van der Waals surface area contributed by atoms with Crippen LogP contribution in [0.3, 0.4) is 0 Å². The Balaban J connectivity index is 2.38. The first-order valence-corrected chi connectivity index (χ1v) is 8.45. The molecule has 1 saturated carbocycles. The van der Waals surface area contributed by atoms with E-state index in [1.807, 2.05) is 0 Å². The van der Waals surface area contributed by atoms with Crippen molar-refractivity contribution in [3.05, 3.63) is 0 Å². The first-order valence-electron chi connectivity index (χ1n) is 8.45. The summed E-state index contributed by atoms with van der Waals surface area (Å²) in [6.07, 6.45) is 8.24. The zero-order valence-corrected chi connectivity index (χ0v) is 13.8. The summed E-state index contributed by atoms with van der Waals surface area (Å²) < 4.78 is 16.1. The SMILES string of the molecule is COC(=O)C1(C(=O)OC)CCCCCOC1C1CCCCC1. The summed E-state index contributed by atoms with van der Waals surface area (Å²) in [6.45, 7) is 0.594. The minimum atomic E-state index is -1.30. The summed E-state index contributed by atoms with van der Waals surface area (Å²) in [5.74, 6) is -0.779. The van der Waals surface area contributed by atoms with Crippen molar-refractivity contribution in [2.45, 2.75) is 63.9 Å². The van der Waals surface area contributed by atoms with Gasteiger partial charge in [0.2, 0.25) is 0 Å². The number of carbonyl (C=O) groups excluding carboxylic acids is 2. The lowest BCUT2D eigenvalue weighted by Gasteiger charge is -2.42. The third kappa shape index (κ3) is 3.29. The molecule has 1 heterocycles. The fraction of sp³-hybridized carbons (Fsp3) is 0.882. The molecule has 0 spiro atoms. The molecule has 1 aliphatic heterocycles. The molecule has 0 bridgehead atoms. The Morgan fingerprint density at radius 3 is 2.09 bits per heavy atom. The predicted molar refractivity (Wildman–Crippen MR) is 81.2 cm³/mol. The fourth-order valence-corrected chi connectivity index (χ4v) is 4.04. The monoisotopic (exact) mass is 312 g/mol. The second kappa shape index (κ2) is 7.95. The molecular weight excluding hydrogens is 284 g/mol. The molecule has 22 heavy (non-hydrogen) atoms. The zero-order valence-electron chi connectivity index (χ0n) is 13.8. The van der Waals surface area contributed by atoms with E-state index < -0.39 is 23.5 Å². The van der Waals surface area contributed by atoms with Crippen LogP contribution in [-0.4, -0.2) is 38.9 Å². The smallest absolute Gasteiger partial charge is 0.325 e. The summed E-state index contributed by atoms with van der Waals surface area (Å²) in [4.78, 5) is 25.2. The van der Waals surface area contributed by atoms with Crippen LogP contribution in [0.25, 0.3) is 0 Å². The average Bonchev–Trinajstić information content (AvgIpc) is 2.54. The van der Waals surface area contributed by atoms with E-state index in [1.165, 1.54) is 20.6 Å². The van der Waals surface area contributed by atoms with Gasteiger partial charge in [-0.3, -0.25) is 9.59 Å². The highest BCUT2D eigenvalue weighted by molar-refractivity contribution is 6.00. The molecule has 0 amide bonds. The molecule has 0 radical (unpaired) electrons. The molecule has 0 aromatic rings. The lowest BCUT2D eigenvalue weighted by Crippen LogP contribution is -2.55. The van der Waals surface area contributed by atoms with E-state index in [4.69, 9.17) is 14.2 Å². The van der Waals surface area contributed by atoms with Crippen LogP contribution in [0.2, 0.25) is 0 Å². The van der Waals surface area contributed by atoms with Gasteiger partial charge in [0.25, 0.3) is 0 Å². The van der Waals surface area contributed by atoms with E-state index in [1.54, 1.807) is 0 Å². The number of hydrogen-bond donors (Lipinski definition) is 0. The molecule has 1 atom stereocenters. The first-order chi connectivity index (χ1) is 10.7. The van der Waals surface area contributed by atoms with Gasteiger partial charge in [0.05, 0.1) is 20.3 Å². The lowest BCUT2D eigenvalue weighted by atomic mass is 9.68. The number of methoxy groups -OCH3 is 2. The minimum absolute atomic E-state index is 0.227. The molecule has 1 saturated heterocycles. The van der Waals surface area contributed by atoms with Crippen LogP contribution >= 0.6 is 0 Å².